The fourth-order valence-corrected chi connectivity index (χ4v) is 4.66. The number of anilines is 1. The molecule has 32 heavy (non-hydrogen) atoms. The van der Waals surface area contributed by atoms with E-state index in [2.05, 4.69) is 22.4 Å². The van der Waals surface area contributed by atoms with Gasteiger partial charge >= 0.3 is 0 Å². The van der Waals surface area contributed by atoms with E-state index in [-0.39, 0.29) is 17.2 Å². The minimum absolute atomic E-state index is 0.0726. The van der Waals surface area contributed by atoms with E-state index in [0.717, 1.165) is 19.3 Å². The number of nitriles is 1. The van der Waals surface area contributed by atoms with Crippen LogP contribution in [0.1, 0.15) is 37.7 Å². The van der Waals surface area contributed by atoms with Crippen molar-refractivity contribution in [3.05, 3.63) is 76.1 Å². The average molecular weight is 445 g/mol. The third kappa shape index (κ3) is 5.27. The molecule has 0 atom stereocenters. The number of para-hydroxylation sites is 1. The first-order valence-electron chi connectivity index (χ1n) is 10.7. The quantitative estimate of drug-likeness (QED) is 0.318. The maximum atomic E-state index is 13.2. The molecule has 1 aliphatic rings. The van der Waals surface area contributed by atoms with Crippen LogP contribution >= 0.6 is 11.8 Å². The molecule has 1 amide bonds. The fraction of sp³-hybridized carbons (Fsp3) is 0.280. The number of benzene rings is 2. The predicted molar refractivity (Wildman–Crippen MR) is 128 cm³/mol. The van der Waals surface area contributed by atoms with E-state index in [9.17, 15) is 9.59 Å². The lowest BCUT2D eigenvalue weighted by Crippen LogP contribution is -2.24. The van der Waals surface area contributed by atoms with Crippen molar-refractivity contribution in [1.29, 1.82) is 5.26 Å². The number of carbonyl (C=O) groups excluding carboxylic acids is 1. The van der Waals surface area contributed by atoms with Crippen LogP contribution in [0.2, 0.25) is 0 Å². The summed E-state index contributed by atoms with van der Waals surface area (Å²) in [4.78, 5) is 30.4. The molecule has 1 heterocycles. The number of rotatable bonds is 7. The first-order chi connectivity index (χ1) is 15.6. The van der Waals surface area contributed by atoms with E-state index >= 15 is 0 Å². The Bertz CT molecular complexity index is 1270. The zero-order valence-electron chi connectivity index (χ0n) is 17.7. The second kappa shape index (κ2) is 10.3. The van der Waals surface area contributed by atoms with Crippen molar-refractivity contribution in [3.8, 4) is 6.07 Å². The summed E-state index contributed by atoms with van der Waals surface area (Å²) < 4.78 is 1.70. The van der Waals surface area contributed by atoms with Gasteiger partial charge < -0.3 is 5.32 Å². The molecule has 6 nitrogen and oxygen atoms in total. The zero-order valence-corrected chi connectivity index (χ0v) is 18.5. The van der Waals surface area contributed by atoms with E-state index in [0.29, 0.717) is 33.9 Å². The number of hydrogen-bond acceptors (Lipinski definition) is 5. The van der Waals surface area contributed by atoms with Crippen molar-refractivity contribution < 1.29 is 4.79 Å². The third-order valence-corrected chi connectivity index (χ3v) is 6.45. The second-order valence-corrected chi connectivity index (χ2v) is 8.70. The lowest BCUT2D eigenvalue weighted by Gasteiger charge is -2.16. The largest absolute Gasteiger partial charge is 0.325 e. The van der Waals surface area contributed by atoms with Gasteiger partial charge in [0.1, 0.15) is 0 Å². The molecule has 0 radical (unpaired) electrons. The Morgan fingerprint density at radius 2 is 2.06 bits per heavy atom. The monoisotopic (exact) mass is 444 g/mol. The molecule has 0 bridgehead atoms. The highest BCUT2D eigenvalue weighted by molar-refractivity contribution is 7.99. The highest BCUT2D eigenvalue weighted by Crippen LogP contribution is 2.23. The molecule has 4 rings (SSSR count). The van der Waals surface area contributed by atoms with Gasteiger partial charge in [0.2, 0.25) is 5.91 Å². The standard InChI is InChI=1S/C25H24N4O2S/c26-16-19-9-6-10-20(15-19)27-23(30)17-32-25-28-22-12-5-4-11-21(22)24(31)29(25)14-13-18-7-2-1-3-8-18/h4-7,9-12,15H,1-3,8,13-14,17H2,(H,27,30). The molecule has 0 aliphatic heterocycles. The molecule has 0 fully saturated rings. The number of nitrogens with one attached hydrogen (secondary N) is 1. The van der Waals surface area contributed by atoms with Gasteiger partial charge in [-0.2, -0.15) is 5.26 Å². The summed E-state index contributed by atoms with van der Waals surface area (Å²) in [6, 6.07) is 16.2. The maximum Gasteiger partial charge on any atom is 0.262 e. The predicted octanol–water partition coefficient (Wildman–Crippen LogP) is 4.89. The van der Waals surface area contributed by atoms with Crippen LogP contribution in [-0.4, -0.2) is 21.2 Å². The average Bonchev–Trinajstić information content (AvgIpc) is 2.83. The number of amides is 1. The maximum absolute atomic E-state index is 13.2. The number of fused-ring (bicyclic) bond motifs is 1. The van der Waals surface area contributed by atoms with E-state index in [4.69, 9.17) is 5.26 Å². The Kier molecular flexibility index (Phi) is 7.03. The second-order valence-electron chi connectivity index (χ2n) is 7.76. The lowest BCUT2D eigenvalue weighted by molar-refractivity contribution is -0.113. The Morgan fingerprint density at radius 1 is 1.19 bits per heavy atom. The van der Waals surface area contributed by atoms with Crippen molar-refractivity contribution in [2.24, 2.45) is 0 Å². The van der Waals surface area contributed by atoms with Gasteiger partial charge in [-0.25, -0.2) is 4.98 Å². The number of aromatic nitrogens is 2. The number of thioether (sulfide) groups is 1. The number of hydrogen-bond donors (Lipinski definition) is 1. The van der Waals surface area contributed by atoms with Crippen LogP contribution in [0.3, 0.4) is 0 Å². The van der Waals surface area contributed by atoms with Crippen LogP contribution in [0, 0.1) is 11.3 Å². The Balaban J connectivity index is 1.53. The van der Waals surface area contributed by atoms with Crippen LogP contribution in [0.5, 0.6) is 0 Å². The minimum Gasteiger partial charge on any atom is -0.325 e. The highest BCUT2D eigenvalue weighted by Gasteiger charge is 2.14. The summed E-state index contributed by atoms with van der Waals surface area (Å²) in [5.41, 5.74) is 3.01. The number of allylic oxidation sites excluding steroid dienone is 2. The Morgan fingerprint density at radius 3 is 2.88 bits per heavy atom. The van der Waals surface area contributed by atoms with Gasteiger partial charge in [0.05, 0.1) is 28.3 Å². The van der Waals surface area contributed by atoms with Crippen LogP contribution < -0.4 is 10.9 Å². The van der Waals surface area contributed by atoms with Gasteiger partial charge in [-0.15, -0.1) is 0 Å². The van der Waals surface area contributed by atoms with Crippen LogP contribution in [0.4, 0.5) is 5.69 Å². The lowest BCUT2D eigenvalue weighted by atomic mass is 9.97. The molecule has 0 saturated carbocycles. The third-order valence-electron chi connectivity index (χ3n) is 5.48. The molecule has 1 N–H and O–H groups in total. The van der Waals surface area contributed by atoms with Crippen molar-refractivity contribution in [2.75, 3.05) is 11.1 Å². The summed E-state index contributed by atoms with van der Waals surface area (Å²) in [7, 11) is 0. The highest BCUT2D eigenvalue weighted by atomic mass is 32.2. The van der Waals surface area contributed by atoms with Gasteiger partial charge in [-0.1, -0.05) is 41.6 Å². The van der Waals surface area contributed by atoms with E-state index in [1.54, 1.807) is 34.9 Å². The molecule has 162 valence electrons. The zero-order chi connectivity index (χ0) is 22.3. The van der Waals surface area contributed by atoms with Gasteiger partial charge in [-0.05, 0) is 62.4 Å². The first kappa shape index (κ1) is 21.8. The summed E-state index contributed by atoms with van der Waals surface area (Å²) in [5.74, 6) is -0.0985. The molecular formula is C25H24N4O2S. The van der Waals surface area contributed by atoms with E-state index in [1.165, 1.54) is 30.2 Å². The molecule has 0 saturated heterocycles. The molecule has 0 unspecified atom stereocenters. The molecule has 0 spiro atoms. The minimum atomic E-state index is -0.214. The van der Waals surface area contributed by atoms with Gasteiger partial charge in [-0.3, -0.25) is 14.2 Å². The van der Waals surface area contributed by atoms with Crippen molar-refractivity contribution in [3.63, 3.8) is 0 Å². The van der Waals surface area contributed by atoms with Gasteiger partial charge in [0.15, 0.2) is 5.16 Å². The van der Waals surface area contributed by atoms with Crippen molar-refractivity contribution in [2.45, 2.75) is 43.8 Å². The Labute approximate surface area is 191 Å². The summed E-state index contributed by atoms with van der Waals surface area (Å²) in [5, 5.41) is 13.0. The molecule has 3 aromatic rings. The molecule has 1 aromatic heterocycles. The Hall–Kier alpha value is -3.37. The molecule has 1 aliphatic carbocycles. The van der Waals surface area contributed by atoms with Crippen LogP contribution in [-0.2, 0) is 11.3 Å². The van der Waals surface area contributed by atoms with Gasteiger partial charge in [0, 0.05) is 12.2 Å². The van der Waals surface area contributed by atoms with Crippen LogP contribution in [0.25, 0.3) is 10.9 Å². The van der Waals surface area contributed by atoms with Crippen molar-refractivity contribution in [1.82, 2.24) is 9.55 Å². The molecule has 7 heteroatoms. The number of nitrogens with zero attached hydrogens (tertiary/aromatic N) is 3. The van der Waals surface area contributed by atoms with Crippen molar-refractivity contribution >= 4 is 34.3 Å². The summed E-state index contributed by atoms with van der Waals surface area (Å²) >= 11 is 1.26. The SMILES string of the molecule is N#Cc1cccc(NC(=O)CSc2nc3ccccc3c(=O)n2CCC2=CCCCC2)c1. The number of carbonyl (C=O) groups is 1. The first-order valence-corrected chi connectivity index (χ1v) is 11.7. The van der Waals surface area contributed by atoms with E-state index in [1.807, 2.05) is 18.2 Å². The topological polar surface area (TPSA) is 87.8 Å². The van der Waals surface area contributed by atoms with Gasteiger partial charge in [0.25, 0.3) is 5.56 Å². The van der Waals surface area contributed by atoms with E-state index < -0.39 is 0 Å². The van der Waals surface area contributed by atoms with Crippen LogP contribution in [0.15, 0.2) is 70.1 Å². The smallest absolute Gasteiger partial charge is 0.262 e. The molecular weight excluding hydrogens is 420 g/mol. The fourth-order valence-electron chi connectivity index (χ4n) is 3.84. The normalized spacial score (nSPS) is 13.4. The summed E-state index contributed by atoms with van der Waals surface area (Å²) in [6.45, 7) is 0.552. The summed E-state index contributed by atoms with van der Waals surface area (Å²) in [6.07, 6.45) is 7.73. The molecule has 2 aromatic carbocycles.